The SMILES string of the molecule is CO[Si](CCOC(=O)C(C)(C)Br)(OC)OC. The Kier molecular flexibility index (Phi) is 6.72. The van der Waals surface area contributed by atoms with Crippen LogP contribution in [0.15, 0.2) is 0 Å². The summed E-state index contributed by atoms with van der Waals surface area (Å²) in [4.78, 5) is 11.4. The first-order valence-corrected chi connectivity index (χ1v) is 7.55. The number of hydrogen-bond donors (Lipinski definition) is 0. The summed E-state index contributed by atoms with van der Waals surface area (Å²) in [5, 5.41) is 0. The van der Waals surface area contributed by atoms with Crippen LogP contribution in [0.5, 0.6) is 0 Å². The van der Waals surface area contributed by atoms with Crippen LogP contribution < -0.4 is 0 Å². The van der Waals surface area contributed by atoms with E-state index in [1.165, 1.54) is 21.3 Å². The van der Waals surface area contributed by atoms with Crippen molar-refractivity contribution < 1.29 is 22.8 Å². The van der Waals surface area contributed by atoms with Gasteiger partial charge in [-0.15, -0.1) is 0 Å². The van der Waals surface area contributed by atoms with Crippen molar-refractivity contribution in [1.29, 1.82) is 0 Å². The molecular weight excluding hydrogens is 296 g/mol. The van der Waals surface area contributed by atoms with Crippen molar-refractivity contribution in [3.63, 3.8) is 0 Å². The van der Waals surface area contributed by atoms with E-state index < -0.39 is 13.1 Å². The molecule has 0 saturated carbocycles. The quantitative estimate of drug-likeness (QED) is 0.406. The topological polar surface area (TPSA) is 54.0 Å². The highest BCUT2D eigenvalue weighted by Gasteiger charge is 2.38. The summed E-state index contributed by atoms with van der Waals surface area (Å²) in [6.45, 7) is 3.67. The summed E-state index contributed by atoms with van der Waals surface area (Å²) in [5.41, 5.74) is 0. The van der Waals surface area contributed by atoms with Crippen molar-refractivity contribution >= 4 is 30.7 Å². The van der Waals surface area contributed by atoms with Crippen molar-refractivity contribution in [2.24, 2.45) is 0 Å². The Hall–Kier alpha value is 0.0469. The number of carbonyl (C=O) groups is 1. The first kappa shape index (κ1) is 16.0. The Bertz CT molecular complexity index is 216. The van der Waals surface area contributed by atoms with Crippen molar-refractivity contribution in [3.05, 3.63) is 0 Å². The highest BCUT2D eigenvalue weighted by atomic mass is 79.9. The molecule has 0 saturated heterocycles. The van der Waals surface area contributed by atoms with Crippen LogP contribution in [0.25, 0.3) is 0 Å². The molecule has 0 bridgehead atoms. The fraction of sp³-hybridized carbons (Fsp3) is 0.889. The Labute approximate surface area is 106 Å². The summed E-state index contributed by atoms with van der Waals surface area (Å²) in [5.74, 6) is -0.321. The molecule has 0 rings (SSSR count). The van der Waals surface area contributed by atoms with Crippen molar-refractivity contribution in [2.75, 3.05) is 27.9 Å². The molecule has 16 heavy (non-hydrogen) atoms. The molecule has 0 N–H and O–H groups in total. The van der Waals surface area contributed by atoms with Crippen LogP contribution in [0.4, 0.5) is 0 Å². The fourth-order valence-electron chi connectivity index (χ4n) is 0.997. The summed E-state index contributed by atoms with van der Waals surface area (Å²) in [7, 11) is 1.93. The van der Waals surface area contributed by atoms with E-state index in [2.05, 4.69) is 15.9 Å². The monoisotopic (exact) mass is 314 g/mol. The molecule has 96 valence electrons. The van der Waals surface area contributed by atoms with E-state index in [-0.39, 0.29) is 12.6 Å². The fourth-order valence-corrected chi connectivity index (χ4v) is 2.58. The van der Waals surface area contributed by atoms with Gasteiger partial charge in [0.2, 0.25) is 0 Å². The molecule has 0 spiro atoms. The number of alkyl halides is 1. The maximum atomic E-state index is 11.4. The minimum Gasteiger partial charge on any atom is -0.465 e. The largest absolute Gasteiger partial charge is 0.503 e. The lowest BCUT2D eigenvalue weighted by atomic mass is 10.2. The van der Waals surface area contributed by atoms with Crippen LogP contribution in [-0.4, -0.2) is 47.0 Å². The molecule has 0 aliphatic heterocycles. The molecule has 0 aliphatic carbocycles. The Morgan fingerprint density at radius 3 is 1.94 bits per heavy atom. The molecule has 0 aliphatic rings. The van der Waals surface area contributed by atoms with E-state index in [1.54, 1.807) is 13.8 Å². The third-order valence-corrected chi connectivity index (χ3v) is 5.07. The summed E-state index contributed by atoms with van der Waals surface area (Å²) in [6, 6.07) is 0.436. The maximum absolute atomic E-state index is 11.4. The zero-order chi connectivity index (χ0) is 12.8. The van der Waals surface area contributed by atoms with E-state index in [0.717, 1.165) is 0 Å². The number of rotatable bonds is 7. The van der Waals surface area contributed by atoms with Crippen LogP contribution in [0.1, 0.15) is 13.8 Å². The first-order valence-electron chi connectivity index (χ1n) is 4.83. The highest BCUT2D eigenvalue weighted by Crippen LogP contribution is 2.19. The van der Waals surface area contributed by atoms with Gasteiger partial charge in [-0.25, -0.2) is 0 Å². The standard InChI is InChI=1S/C9H19BrO5Si/c1-9(2,10)8(11)15-6-7-16(12-3,13-4)14-5/h6-7H2,1-5H3. The minimum absolute atomic E-state index is 0.218. The van der Waals surface area contributed by atoms with Gasteiger partial charge in [-0.05, 0) is 13.8 Å². The van der Waals surface area contributed by atoms with Gasteiger partial charge < -0.3 is 18.0 Å². The molecule has 0 heterocycles. The van der Waals surface area contributed by atoms with Gasteiger partial charge in [-0.2, -0.15) is 0 Å². The second kappa shape index (κ2) is 6.70. The average molecular weight is 315 g/mol. The lowest BCUT2D eigenvalue weighted by molar-refractivity contribution is -0.145. The Morgan fingerprint density at radius 1 is 1.19 bits per heavy atom. The molecule has 0 aromatic heterocycles. The molecule has 0 radical (unpaired) electrons. The second-order valence-electron chi connectivity index (χ2n) is 3.65. The van der Waals surface area contributed by atoms with E-state index in [0.29, 0.717) is 6.04 Å². The lowest BCUT2D eigenvalue weighted by Crippen LogP contribution is -2.44. The number of ether oxygens (including phenoxy) is 1. The zero-order valence-corrected chi connectivity index (χ0v) is 12.9. The lowest BCUT2D eigenvalue weighted by Gasteiger charge is -2.24. The van der Waals surface area contributed by atoms with Crippen molar-refractivity contribution in [1.82, 2.24) is 0 Å². The van der Waals surface area contributed by atoms with Gasteiger partial charge in [-0.1, -0.05) is 15.9 Å². The van der Waals surface area contributed by atoms with E-state index in [1.807, 2.05) is 0 Å². The van der Waals surface area contributed by atoms with Gasteiger partial charge in [0.25, 0.3) is 0 Å². The first-order chi connectivity index (χ1) is 7.31. The molecule has 0 aromatic carbocycles. The van der Waals surface area contributed by atoms with Crippen molar-refractivity contribution in [2.45, 2.75) is 24.2 Å². The molecule has 5 nitrogen and oxygen atoms in total. The van der Waals surface area contributed by atoms with Gasteiger partial charge in [0.05, 0.1) is 12.7 Å². The average Bonchev–Trinajstić information content (AvgIpc) is 2.23. The molecule has 0 atom stereocenters. The maximum Gasteiger partial charge on any atom is 0.503 e. The number of halogens is 1. The van der Waals surface area contributed by atoms with E-state index >= 15 is 0 Å². The van der Waals surface area contributed by atoms with Gasteiger partial charge in [0.15, 0.2) is 0 Å². The molecule has 0 aromatic rings. The molecule has 0 amide bonds. The summed E-state index contributed by atoms with van der Waals surface area (Å²) >= 11 is 3.22. The van der Waals surface area contributed by atoms with E-state index in [4.69, 9.17) is 18.0 Å². The Balaban J connectivity index is 4.11. The molecule has 0 unspecified atom stereocenters. The van der Waals surface area contributed by atoms with Crippen LogP contribution in [0.3, 0.4) is 0 Å². The zero-order valence-electron chi connectivity index (χ0n) is 10.3. The predicted molar refractivity (Wildman–Crippen MR) is 65.6 cm³/mol. The van der Waals surface area contributed by atoms with Crippen molar-refractivity contribution in [3.8, 4) is 0 Å². The molecule has 7 heteroatoms. The molecule has 0 fully saturated rings. The van der Waals surface area contributed by atoms with Gasteiger partial charge >= 0.3 is 14.8 Å². The number of carbonyl (C=O) groups excluding carboxylic acids is 1. The number of esters is 1. The minimum atomic E-state index is -2.64. The summed E-state index contributed by atoms with van der Waals surface area (Å²) in [6.07, 6.45) is 0. The van der Waals surface area contributed by atoms with Gasteiger partial charge in [0, 0.05) is 21.3 Å². The van der Waals surface area contributed by atoms with Crippen LogP contribution in [0, 0.1) is 0 Å². The smallest absolute Gasteiger partial charge is 0.465 e. The van der Waals surface area contributed by atoms with Gasteiger partial charge in [-0.3, -0.25) is 4.79 Å². The van der Waals surface area contributed by atoms with Crippen LogP contribution >= 0.6 is 15.9 Å². The highest BCUT2D eigenvalue weighted by molar-refractivity contribution is 9.10. The second-order valence-corrected chi connectivity index (χ2v) is 8.73. The van der Waals surface area contributed by atoms with E-state index in [9.17, 15) is 4.79 Å². The Morgan fingerprint density at radius 2 is 1.62 bits per heavy atom. The third-order valence-electron chi connectivity index (χ3n) is 2.06. The third kappa shape index (κ3) is 4.92. The van der Waals surface area contributed by atoms with Gasteiger partial charge in [0.1, 0.15) is 4.32 Å². The number of hydrogen-bond acceptors (Lipinski definition) is 5. The predicted octanol–water partition coefficient (Wildman–Crippen LogP) is 1.58. The van der Waals surface area contributed by atoms with Crippen LogP contribution in [0.2, 0.25) is 6.04 Å². The molecular formula is C9H19BrO5Si. The summed E-state index contributed by atoms with van der Waals surface area (Å²) < 4.78 is 20.0. The normalized spacial score (nSPS) is 12.6. The van der Waals surface area contributed by atoms with Crippen LogP contribution in [-0.2, 0) is 22.8 Å².